The lowest BCUT2D eigenvalue weighted by Gasteiger charge is -2.28. The van der Waals surface area contributed by atoms with Crippen molar-refractivity contribution < 1.29 is 19.1 Å². The molecule has 27 heavy (non-hydrogen) atoms. The van der Waals surface area contributed by atoms with E-state index in [1.54, 1.807) is 17.0 Å². The van der Waals surface area contributed by atoms with Crippen molar-refractivity contribution in [3.05, 3.63) is 30.3 Å². The first-order valence-corrected chi connectivity index (χ1v) is 9.23. The molecule has 0 fully saturated rings. The Labute approximate surface area is 161 Å². The number of unbranched alkanes of at least 4 members (excludes halogenated alkanes) is 1. The Hall–Kier alpha value is -2.32. The average Bonchev–Trinajstić information content (AvgIpc) is 2.61. The molecule has 8 nitrogen and oxygen atoms in total. The standard InChI is InChI=1S/C19H32N4O4/c1-15(2)21-18(24)23(12-8-7-11-20)13-17(14-26-3)27-19(25)22-16-9-5-4-6-10-16/h4-6,9-10,15,17H,7-8,11-14,20H2,1-3H3,(H,21,24)(H,22,25)/t17-/m1/s1. The van der Waals surface area contributed by atoms with Crippen molar-refractivity contribution in [1.29, 1.82) is 0 Å². The van der Waals surface area contributed by atoms with Gasteiger partial charge in [0, 0.05) is 25.4 Å². The van der Waals surface area contributed by atoms with E-state index in [9.17, 15) is 9.59 Å². The van der Waals surface area contributed by atoms with Crippen LogP contribution in [0.15, 0.2) is 30.3 Å². The number of amides is 3. The fourth-order valence-corrected chi connectivity index (χ4v) is 2.44. The summed E-state index contributed by atoms with van der Waals surface area (Å²) in [7, 11) is 1.53. The summed E-state index contributed by atoms with van der Waals surface area (Å²) in [6.45, 7) is 5.30. The lowest BCUT2D eigenvalue weighted by atomic mass is 10.2. The Morgan fingerprint density at radius 1 is 1.19 bits per heavy atom. The van der Waals surface area contributed by atoms with E-state index in [1.807, 2.05) is 32.0 Å². The molecular formula is C19H32N4O4. The van der Waals surface area contributed by atoms with Gasteiger partial charge in [0.05, 0.1) is 13.2 Å². The number of rotatable bonds is 11. The van der Waals surface area contributed by atoms with Gasteiger partial charge in [-0.05, 0) is 45.4 Å². The minimum absolute atomic E-state index is 0.0117. The normalized spacial score (nSPS) is 11.7. The van der Waals surface area contributed by atoms with Gasteiger partial charge in [-0.15, -0.1) is 0 Å². The Kier molecular flexibility index (Phi) is 10.9. The molecule has 4 N–H and O–H groups in total. The Bertz CT molecular complexity index is 554. The fourth-order valence-electron chi connectivity index (χ4n) is 2.44. The molecule has 0 unspecified atom stereocenters. The summed E-state index contributed by atoms with van der Waals surface area (Å²) in [5.74, 6) is 0. The Morgan fingerprint density at radius 2 is 1.89 bits per heavy atom. The minimum atomic E-state index is -0.588. The summed E-state index contributed by atoms with van der Waals surface area (Å²) in [6.07, 6.45) is 0.414. The van der Waals surface area contributed by atoms with Crippen LogP contribution in [0.1, 0.15) is 26.7 Å². The maximum atomic E-state index is 12.5. The molecule has 0 aliphatic rings. The molecule has 152 valence electrons. The van der Waals surface area contributed by atoms with Gasteiger partial charge >= 0.3 is 12.1 Å². The molecule has 0 saturated carbocycles. The first-order valence-electron chi connectivity index (χ1n) is 9.23. The predicted octanol–water partition coefficient (Wildman–Crippen LogP) is 2.41. The predicted molar refractivity (Wildman–Crippen MR) is 106 cm³/mol. The largest absolute Gasteiger partial charge is 0.442 e. The molecule has 0 aliphatic carbocycles. The van der Waals surface area contributed by atoms with E-state index in [0.717, 1.165) is 12.8 Å². The number of hydrogen-bond acceptors (Lipinski definition) is 5. The van der Waals surface area contributed by atoms with E-state index in [0.29, 0.717) is 18.8 Å². The second-order valence-electron chi connectivity index (χ2n) is 6.52. The highest BCUT2D eigenvalue weighted by atomic mass is 16.6. The average molecular weight is 380 g/mol. The number of nitrogens with two attached hydrogens (primary N) is 1. The van der Waals surface area contributed by atoms with Crippen LogP contribution in [0, 0.1) is 0 Å². The molecule has 3 amide bonds. The van der Waals surface area contributed by atoms with Crippen LogP contribution < -0.4 is 16.4 Å². The van der Waals surface area contributed by atoms with Crippen LogP contribution in [0.5, 0.6) is 0 Å². The second-order valence-corrected chi connectivity index (χ2v) is 6.52. The van der Waals surface area contributed by atoms with E-state index in [4.69, 9.17) is 15.2 Å². The van der Waals surface area contributed by atoms with Crippen molar-refractivity contribution in [3.63, 3.8) is 0 Å². The Morgan fingerprint density at radius 3 is 2.48 bits per heavy atom. The summed E-state index contributed by atoms with van der Waals surface area (Å²) in [6, 6.07) is 8.84. The number of urea groups is 1. The van der Waals surface area contributed by atoms with Gasteiger partial charge in [-0.2, -0.15) is 0 Å². The lowest BCUT2D eigenvalue weighted by Crippen LogP contribution is -2.48. The molecule has 8 heteroatoms. The number of nitrogens with one attached hydrogen (secondary N) is 2. The maximum Gasteiger partial charge on any atom is 0.412 e. The van der Waals surface area contributed by atoms with Crippen molar-refractivity contribution in [2.24, 2.45) is 5.73 Å². The van der Waals surface area contributed by atoms with E-state index >= 15 is 0 Å². The molecule has 0 spiro atoms. The third-order valence-corrected chi connectivity index (χ3v) is 3.65. The van der Waals surface area contributed by atoms with E-state index < -0.39 is 12.2 Å². The van der Waals surface area contributed by atoms with Crippen molar-refractivity contribution in [2.75, 3.05) is 38.7 Å². The lowest BCUT2D eigenvalue weighted by molar-refractivity contribution is 0.0301. The molecule has 1 atom stereocenters. The highest BCUT2D eigenvalue weighted by molar-refractivity contribution is 5.84. The van der Waals surface area contributed by atoms with Crippen LogP contribution in [0.25, 0.3) is 0 Å². The van der Waals surface area contributed by atoms with Gasteiger partial charge in [0.15, 0.2) is 0 Å². The Balaban J connectivity index is 2.69. The maximum absolute atomic E-state index is 12.5. The summed E-state index contributed by atoms with van der Waals surface area (Å²) in [4.78, 5) is 26.2. The number of ether oxygens (including phenoxy) is 2. The summed E-state index contributed by atoms with van der Waals surface area (Å²) in [5.41, 5.74) is 6.18. The summed E-state index contributed by atoms with van der Waals surface area (Å²) < 4.78 is 10.6. The van der Waals surface area contributed by atoms with Gasteiger partial charge < -0.3 is 25.4 Å². The number of methoxy groups -OCH3 is 1. The van der Waals surface area contributed by atoms with Gasteiger partial charge in [-0.25, -0.2) is 9.59 Å². The molecule has 0 saturated heterocycles. The van der Waals surface area contributed by atoms with E-state index in [1.165, 1.54) is 7.11 Å². The third-order valence-electron chi connectivity index (χ3n) is 3.65. The molecule has 0 heterocycles. The first-order chi connectivity index (χ1) is 13.0. The molecule has 1 rings (SSSR count). The molecule has 0 radical (unpaired) electrons. The van der Waals surface area contributed by atoms with Gasteiger partial charge in [0.1, 0.15) is 6.10 Å². The third kappa shape index (κ3) is 9.81. The number of para-hydroxylation sites is 1. The topological polar surface area (TPSA) is 106 Å². The van der Waals surface area contributed by atoms with Crippen molar-refractivity contribution >= 4 is 17.8 Å². The molecular weight excluding hydrogens is 348 g/mol. The molecule has 0 bridgehead atoms. The SMILES string of the molecule is COC[C@@H](CN(CCCCN)C(=O)NC(C)C)OC(=O)Nc1ccccc1. The number of benzene rings is 1. The second kappa shape index (κ2) is 12.9. The molecule has 1 aromatic rings. The molecule has 0 aromatic heterocycles. The van der Waals surface area contributed by atoms with Crippen molar-refractivity contribution in [2.45, 2.75) is 38.8 Å². The highest BCUT2D eigenvalue weighted by Gasteiger charge is 2.22. The van der Waals surface area contributed by atoms with Crippen LogP contribution in [-0.4, -0.2) is 62.5 Å². The molecule has 0 aliphatic heterocycles. The smallest absolute Gasteiger partial charge is 0.412 e. The van der Waals surface area contributed by atoms with E-state index in [2.05, 4.69) is 10.6 Å². The minimum Gasteiger partial charge on any atom is -0.442 e. The molecule has 1 aromatic carbocycles. The summed E-state index contributed by atoms with van der Waals surface area (Å²) in [5, 5.41) is 5.53. The summed E-state index contributed by atoms with van der Waals surface area (Å²) >= 11 is 0. The zero-order valence-electron chi connectivity index (χ0n) is 16.4. The zero-order valence-corrected chi connectivity index (χ0v) is 16.4. The van der Waals surface area contributed by atoms with Crippen LogP contribution in [-0.2, 0) is 9.47 Å². The number of carbonyl (C=O) groups excluding carboxylic acids is 2. The first kappa shape index (κ1) is 22.7. The van der Waals surface area contributed by atoms with Crippen LogP contribution >= 0.6 is 0 Å². The van der Waals surface area contributed by atoms with Crippen LogP contribution in [0.3, 0.4) is 0 Å². The van der Waals surface area contributed by atoms with Gasteiger partial charge in [-0.1, -0.05) is 18.2 Å². The highest BCUT2D eigenvalue weighted by Crippen LogP contribution is 2.08. The van der Waals surface area contributed by atoms with Crippen LogP contribution in [0.4, 0.5) is 15.3 Å². The van der Waals surface area contributed by atoms with Crippen molar-refractivity contribution in [3.8, 4) is 0 Å². The van der Waals surface area contributed by atoms with E-state index in [-0.39, 0.29) is 25.2 Å². The van der Waals surface area contributed by atoms with Crippen molar-refractivity contribution in [1.82, 2.24) is 10.2 Å². The number of anilines is 1. The zero-order chi connectivity index (χ0) is 20.1. The quantitative estimate of drug-likeness (QED) is 0.511. The van der Waals surface area contributed by atoms with Gasteiger partial charge in [0.2, 0.25) is 0 Å². The van der Waals surface area contributed by atoms with Gasteiger partial charge in [-0.3, -0.25) is 5.32 Å². The number of hydrogen-bond donors (Lipinski definition) is 3. The monoisotopic (exact) mass is 380 g/mol. The van der Waals surface area contributed by atoms with Crippen LogP contribution in [0.2, 0.25) is 0 Å². The fraction of sp³-hybridized carbons (Fsp3) is 0.579. The number of carbonyl (C=O) groups is 2. The van der Waals surface area contributed by atoms with Gasteiger partial charge in [0.25, 0.3) is 0 Å². The number of nitrogens with zero attached hydrogens (tertiary/aromatic N) is 1.